The Morgan fingerprint density at radius 3 is 2.90 bits per heavy atom. The molecule has 1 unspecified atom stereocenters. The number of para-hydroxylation sites is 1. The summed E-state index contributed by atoms with van der Waals surface area (Å²) in [6.07, 6.45) is 5.08. The van der Waals surface area contributed by atoms with Gasteiger partial charge in [-0.05, 0) is 35.8 Å². The first-order valence-electron chi connectivity index (χ1n) is 7.91. The molecule has 3 heteroatoms. The van der Waals surface area contributed by atoms with E-state index < -0.39 is 0 Å². The van der Waals surface area contributed by atoms with E-state index in [0.717, 1.165) is 16.5 Å². The first-order valence-corrected chi connectivity index (χ1v) is 7.91. The quantitative estimate of drug-likeness (QED) is 0.904. The molecule has 1 aliphatic rings. The fourth-order valence-corrected chi connectivity index (χ4v) is 3.43. The summed E-state index contributed by atoms with van der Waals surface area (Å²) in [6.45, 7) is 5.30. The third-order valence-electron chi connectivity index (χ3n) is 4.88. The Bertz CT molecular complexity index is 687. The van der Waals surface area contributed by atoms with Crippen LogP contribution in [-0.2, 0) is 6.54 Å². The molecule has 1 saturated carbocycles. The molecule has 2 aromatic rings. The summed E-state index contributed by atoms with van der Waals surface area (Å²) in [7, 11) is 0. The van der Waals surface area contributed by atoms with Crippen LogP contribution in [0.3, 0.4) is 0 Å². The number of aromatic amines is 1. The zero-order chi connectivity index (χ0) is 14.9. The van der Waals surface area contributed by atoms with Gasteiger partial charge in [-0.15, -0.1) is 0 Å². The van der Waals surface area contributed by atoms with Crippen LogP contribution >= 0.6 is 0 Å². The molecular weight excluding hydrogens is 260 g/mol. The normalized spacial score (nSPS) is 21.5. The maximum atomic E-state index is 12.2. The Balaban J connectivity index is 1.79. The molecule has 0 bridgehead atoms. The highest BCUT2D eigenvalue weighted by Crippen LogP contribution is 2.35. The molecule has 3 rings (SSSR count). The van der Waals surface area contributed by atoms with E-state index in [0.29, 0.717) is 18.0 Å². The molecule has 1 aromatic heterocycles. The minimum absolute atomic E-state index is 0.0230. The van der Waals surface area contributed by atoms with Crippen molar-refractivity contribution in [1.29, 1.82) is 0 Å². The Hall–Kier alpha value is -1.61. The van der Waals surface area contributed by atoms with Crippen LogP contribution in [0.2, 0.25) is 0 Å². The van der Waals surface area contributed by atoms with Crippen molar-refractivity contribution < 1.29 is 0 Å². The fourth-order valence-electron chi connectivity index (χ4n) is 3.43. The lowest BCUT2D eigenvalue weighted by atomic mass is 9.73. The first-order chi connectivity index (χ1) is 10.1. The van der Waals surface area contributed by atoms with Gasteiger partial charge in [0.1, 0.15) is 0 Å². The predicted molar refractivity (Wildman–Crippen MR) is 87.4 cm³/mol. The second-order valence-electron chi connectivity index (χ2n) is 6.88. The van der Waals surface area contributed by atoms with Gasteiger partial charge in [-0.1, -0.05) is 44.9 Å². The van der Waals surface area contributed by atoms with Crippen molar-refractivity contribution in [3.63, 3.8) is 0 Å². The number of H-pyrrole nitrogens is 1. The lowest BCUT2D eigenvalue weighted by molar-refractivity contribution is 0.166. The van der Waals surface area contributed by atoms with Gasteiger partial charge in [0.05, 0.1) is 0 Å². The minimum atomic E-state index is 0.0230. The zero-order valence-electron chi connectivity index (χ0n) is 12.9. The largest absolute Gasteiger partial charge is 0.322 e. The van der Waals surface area contributed by atoms with Gasteiger partial charge in [-0.2, -0.15) is 0 Å². The molecule has 1 heterocycles. The van der Waals surface area contributed by atoms with Gasteiger partial charge in [-0.3, -0.25) is 4.79 Å². The summed E-state index contributed by atoms with van der Waals surface area (Å²) in [5, 5.41) is 4.71. The van der Waals surface area contributed by atoms with Gasteiger partial charge in [0, 0.05) is 23.7 Å². The monoisotopic (exact) mass is 284 g/mol. The molecule has 0 saturated heterocycles. The number of pyridine rings is 1. The van der Waals surface area contributed by atoms with Crippen molar-refractivity contribution in [3.8, 4) is 0 Å². The number of aromatic nitrogens is 1. The summed E-state index contributed by atoms with van der Waals surface area (Å²) in [5.74, 6) is 0. The van der Waals surface area contributed by atoms with E-state index in [2.05, 4.69) is 24.1 Å². The van der Waals surface area contributed by atoms with Gasteiger partial charge in [0.2, 0.25) is 0 Å². The summed E-state index contributed by atoms with van der Waals surface area (Å²) >= 11 is 0. The number of rotatable bonds is 3. The van der Waals surface area contributed by atoms with Crippen LogP contribution in [0, 0.1) is 5.41 Å². The first kappa shape index (κ1) is 14.3. The molecule has 21 heavy (non-hydrogen) atoms. The summed E-state index contributed by atoms with van der Waals surface area (Å²) < 4.78 is 0. The van der Waals surface area contributed by atoms with E-state index in [9.17, 15) is 4.79 Å². The van der Waals surface area contributed by atoms with E-state index in [1.807, 2.05) is 30.3 Å². The van der Waals surface area contributed by atoms with Gasteiger partial charge in [0.25, 0.3) is 5.56 Å². The Morgan fingerprint density at radius 1 is 1.29 bits per heavy atom. The smallest absolute Gasteiger partial charge is 0.252 e. The van der Waals surface area contributed by atoms with Gasteiger partial charge in [-0.25, -0.2) is 0 Å². The zero-order valence-corrected chi connectivity index (χ0v) is 12.9. The molecule has 3 nitrogen and oxygen atoms in total. The summed E-state index contributed by atoms with van der Waals surface area (Å²) in [6, 6.07) is 10.4. The second kappa shape index (κ2) is 5.64. The Kier molecular flexibility index (Phi) is 3.85. The molecule has 1 atom stereocenters. The minimum Gasteiger partial charge on any atom is -0.322 e. The van der Waals surface area contributed by atoms with Crippen molar-refractivity contribution in [3.05, 3.63) is 46.2 Å². The molecule has 1 aliphatic carbocycles. The molecule has 0 amide bonds. The maximum Gasteiger partial charge on any atom is 0.252 e. The van der Waals surface area contributed by atoms with Crippen LogP contribution < -0.4 is 10.9 Å². The molecule has 1 aromatic carbocycles. The molecule has 1 fully saturated rings. The number of fused-ring (bicyclic) bond motifs is 1. The topological polar surface area (TPSA) is 44.9 Å². The van der Waals surface area contributed by atoms with E-state index >= 15 is 0 Å². The highest BCUT2D eigenvalue weighted by atomic mass is 16.1. The van der Waals surface area contributed by atoms with Crippen LogP contribution in [0.4, 0.5) is 0 Å². The van der Waals surface area contributed by atoms with Gasteiger partial charge >= 0.3 is 0 Å². The number of hydrogen-bond acceptors (Lipinski definition) is 2. The van der Waals surface area contributed by atoms with Crippen molar-refractivity contribution in [1.82, 2.24) is 10.3 Å². The van der Waals surface area contributed by atoms with Crippen molar-refractivity contribution in [2.24, 2.45) is 5.41 Å². The summed E-state index contributed by atoms with van der Waals surface area (Å²) in [5.41, 5.74) is 2.08. The molecule has 112 valence electrons. The van der Waals surface area contributed by atoms with E-state index in [1.54, 1.807) is 0 Å². The number of hydrogen-bond donors (Lipinski definition) is 2. The second-order valence-corrected chi connectivity index (χ2v) is 6.88. The van der Waals surface area contributed by atoms with Gasteiger partial charge < -0.3 is 10.3 Å². The highest BCUT2D eigenvalue weighted by Gasteiger charge is 2.31. The average molecular weight is 284 g/mol. The third-order valence-corrected chi connectivity index (χ3v) is 4.88. The Labute approximate surface area is 125 Å². The molecule has 0 spiro atoms. The van der Waals surface area contributed by atoms with Crippen LogP contribution in [0.25, 0.3) is 10.9 Å². The lowest BCUT2D eigenvalue weighted by Gasteiger charge is -2.39. The van der Waals surface area contributed by atoms with Crippen molar-refractivity contribution >= 4 is 10.9 Å². The standard InChI is InChI=1S/C18H24N2O/c1-18(2)10-6-5-9-16(18)19-12-14-11-13-7-3-4-8-15(13)20-17(14)21/h3-4,7-8,11,16,19H,5-6,9-10,12H2,1-2H3,(H,20,21). The summed E-state index contributed by atoms with van der Waals surface area (Å²) in [4.78, 5) is 15.1. The van der Waals surface area contributed by atoms with Crippen molar-refractivity contribution in [2.45, 2.75) is 52.1 Å². The number of benzene rings is 1. The molecule has 0 aliphatic heterocycles. The third kappa shape index (κ3) is 3.03. The number of nitrogens with one attached hydrogen (secondary N) is 2. The molecular formula is C18H24N2O. The molecule has 2 N–H and O–H groups in total. The predicted octanol–water partition coefficient (Wildman–Crippen LogP) is 3.59. The van der Waals surface area contributed by atoms with E-state index in [4.69, 9.17) is 0 Å². The maximum absolute atomic E-state index is 12.2. The van der Waals surface area contributed by atoms with Crippen LogP contribution in [0.5, 0.6) is 0 Å². The van der Waals surface area contributed by atoms with E-state index in [-0.39, 0.29) is 5.56 Å². The fraction of sp³-hybridized carbons (Fsp3) is 0.500. The van der Waals surface area contributed by atoms with Crippen LogP contribution in [-0.4, -0.2) is 11.0 Å². The molecule has 0 radical (unpaired) electrons. The lowest BCUT2D eigenvalue weighted by Crippen LogP contribution is -2.44. The Morgan fingerprint density at radius 2 is 2.10 bits per heavy atom. The average Bonchev–Trinajstić information content (AvgIpc) is 2.46. The van der Waals surface area contributed by atoms with Crippen LogP contribution in [0.1, 0.15) is 45.1 Å². The van der Waals surface area contributed by atoms with Crippen LogP contribution in [0.15, 0.2) is 35.1 Å². The SMILES string of the molecule is CC1(C)CCCCC1NCc1cc2ccccc2[nH]c1=O. The van der Waals surface area contributed by atoms with Crippen molar-refractivity contribution in [2.75, 3.05) is 0 Å². The highest BCUT2D eigenvalue weighted by molar-refractivity contribution is 5.78. The van der Waals surface area contributed by atoms with Gasteiger partial charge in [0.15, 0.2) is 0 Å². The van der Waals surface area contributed by atoms with E-state index in [1.165, 1.54) is 25.7 Å².